The molecule has 0 saturated carbocycles. The summed E-state index contributed by atoms with van der Waals surface area (Å²) in [5.41, 5.74) is 8.59. The molecule has 0 bridgehead atoms. The largest absolute Gasteiger partial charge is 0.463 e. The van der Waals surface area contributed by atoms with Crippen LogP contribution in [0, 0.1) is 5.82 Å². The number of aliphatic hydroxyl groups is 1. The van der Waals surface area contributed by atoms with E-state index in [-0.39, 0.29) is 19.4 Å². The van der Waals surface area contributed by atoms with Gasteiger partial charge in [0, 0.05) is 42.4 Å². The fourth-order valence-corrected chi connectivity index (χ4v) is 3.85. The molecule has 194 valence electrons. The average Bonchev–Trinajstić information content (AvgIpc) is 2.83. The molecule has 2 rings (SSSR count). The Morgan fingerprint density at radius 3 is 2.08 bits per heavy atom. The van der Waals surface area contributed by atoms with Gasteiger partial charge in [-0.25, -0.2) is 9.18 Å². The van der Waals surface area contributed by atoms with Gasteiger partial charge in [-0.05, 0) is 41.8 Å². The highest BCUT2D eigenvalue weighted by Gasteiger charge is 2.27. The smallest absolute Gasteiger partial charge is 0.329 e. The maximum absolute atomic E-state index is 13.3. The highest BCUT2D eigenvalue weighted by Crippen LogP contribution is 2.17. The zero-order valence-corrected chi connectivity index (χ0v) is 22.1. The molecule has 36 heavy (non-hydrogen) atoms. The number of hydrogen-bond donors (Lipinski definition) is 3. The van der Waals surface area contributed by atoms with Crippen molar-refractivity contribution in [2.24, 2.45) is 5.73 Å². The van der Waals surface area contributed by atoms with Gasteiger partial charge in [0.2, 0.25) is 5.91 Å². The second kappa shape index (κ2) is 14.5. The standard InChI is InChI=1S/C24H32B2Cl2FN3O4/c25-24(26,35)15-36-23(34)21(14-17-1-5-18(29)6-2-17)31-22(33)20(30)13-16-3-7-19(8-4-16)32(11-9-27)12-10-28/h1-8,20-21,35H,9-15,25-26,30H2,(H,31,33). The summed E-state index contributed by atoms with van der Waals surface area (Å²) in [6.07, 6.45) is 0.328. The first kappa shape index (κ1) is 30.0. The topological polar surface area (TPSA) is 105 Å². The molecule has 2 atom stereocenters. The van der Waals surface area contributed by atoms with Crippen molar-refractivity contribution in [3.8, 4) is 0 Å². The summed E-state index contributed by atoms with van der Waals surface area (Å²) >= 11 is 11.7. The van der Waals surface area contributed by atoms with Gasteiger partial charge in [0.1, 0.15) is 34.2 Å². The average molecular weight is 538 g/mol. The summed E-state index contributed by atoms with van der Waals surface area (Å²) in [6, 6.07) is 11.2. The summed E-state index contributed by atoms with van der Waals surface area (Å²) in [5, 5.41) is 11.3. The summed E-state index contributed by atoms with van der Waals surface area (Å²) < 4.78 is 18.5. The number of benzene rings is 2. The number of alkyl halides is 2. The molecule has 0 heterocycles. The number of halogens is 3. The van der Waals surface area contributed by atoms with Gasteiger partial charge in [-0.2, -0.15) is 0 Å². The molecule has 0 aliphatic rings. The summed E-state index contributed by atoms with van der Waals surface area (Å²) in [7, 11) is 3.00. The number of nitrogens with zero attached hydrogens (tertiary/aromatic N) is 1. The van der Waals surface area contributed by atoms with Gasteiger partial charge >= 0.3 is 5.97 Å². The lowest BCUT2D eigenvalue weighted by Crippen LogP contribution is -2.51. The maximum Gasteiger partial charge on any atom is 0.329 e. The molecule has 0 aliphatic heterocycles. The number of nitrogens with two attached hydrogens (primary N) is 1. The van der Waals surface area contributed by atoms with E-state index in [2.05, 4.69) is 10.2 Å². The van der Waals surface area contributed by atoms with Crippen molar-refractivity contribution in [2.45, 2.75) is 30.3 Å². The SMILES string of the molecule is BC(B)(O)COC(=O)C(Cc1ccc(F)cc1)NC(=O)C(N)Cc1ccc(N(CCCl)CCCl)cc1. The van der Waals surface area contributed by atoms with Crippen LogP contribution in [0.3, 0.4) is 0 Å². The van der Waals surface area contributed by atoms with Gasteiger partial charge in [0.15, 0.2) is 0 Å². The second-order valence-electron chi connectivity index (χ2n) is 9.15. The maximum atomic E-state index is 13.3. The Morgan fingerprint density at radius 2 is 1.56 bits per heavy atom. The lowest BCUT2D eigenvalue weighted by atomic mass is 9.66. The molecule has 0 fully saturated rings. The molecule has 7 nitrogen and oxygen atoms in total. The molecule has 2 aromatic rings. The van der Waals surface area contributed by atoms with Crippen LogP contribution in [0.4, 0.5) is 10.1 Å². The van der Waals surface area contributed by atoms with E-state index in [0.29, 0.717) is 30.4 Å². The number of hydrogen-bond acceptors (Lipinski definition) is 6. The Balaban J connectivity index is 2.06. The van der Waals surface area contributed by atoms with Crippen LogP contribution < -0.4 is 16.0 Å². The van der Waals surface area contributed by atoms with E-state index in [1.165, 1.54) is 40.0 Å². The van der Waals surface area contributed by atoms with Crippen LogP contribution in [-0.2, 0) is 27.2 Å². The third-order valence-electron chi connectivity index (χ3n) is 5.32. The third kappa shape index (κ3) is 10.4. The van der Waals surface area contributed by atoms with Gasteiger partial charge in [0.05, 0.1) is 6.04 Å². The molecule has 1 amide bonds. The Hall–Kier alpha value is -2.26. The van der Waals surface area contributed by atoms with Gasteiger partial charge in [-0.3, -0.25) is 4.79 Å². The normalized spacial score (nSPS) is 13.0. The van der Waals surface area contributed by atoms with E-state index in [0.717, 1.165) is 11.3 Å². The van der Waals surface area contributed by atoms with Crippen molar-refractivity contribution in [3.63, 3.8) is 0 Å². The predicted octanol–water partition coefficient (Wildman–Crippen LogP) is 0.163. The first-order chi connectivity index (χ1) is 17.0. The monoisotopic (exact) mass is 537 g/mol. The molecule has 4 N–H and O–H groups in total. The first-order valence-corrected chi connectivity index (χ1v) is 12.7. The number of esters is 1. The Kier molecular flexibility index (Phi) is 12.0. The lowest BCUT2D eigenvalue weighted by Gasteiger charge is -2.24. The highest BCUT2D eigenvalue weighted by atomic mass is 35.5. The van der Waals surface area contributed by atoms with Crippen molar-refractivity contribution in [3.05, 3.63) is 65.5 Å². The first-order valence-electron chi connectivity index (χ1n) is 11.7. The van der Waals surface area contributed by atoms with Crippen LogP contribution in [0.15, 0.2) is 48.5 Å². The quantitative estimate of drug-likeness (QED) is 0.180. The molecule has 0 saturated heterocycles. The fourth-order valence-electron chi connectivity index (χ4n) is 3.44. The van der Waals surface area contributed by atoms with Crippen molar-refractivity contribution in [2.75, 3.05) is 36.4 Å². The fraction of sp³-hybridized carbons (Fsp3) is 0.417. The number of ether oxygens (including phenoxy) is 1. The number of rotatable bonds is 14. The minimum absolute atomic E-state index is 0.0785. The summed E-state index contributed by atoms with van der Waals surface area (Å²) in [6.45, 7) is 1.08. The minimum atomic E-state index is -1.23. The molecule has 2 aromatic carbocycles. The van der Waals surface area contributed by atoms with E-state index in [4.69, 9.17) is 33.7 Å². The Bertz CT molecular complexity index is 973. The van der Waals surface area contributed by atoms with Gasteiger partial charge in [-0.15, -0.1) is 23.2 Å². The number of nitrogens with one attached hydrogen (secondary N) is 1. The molecule has 0 aromatic heterocycles. The number of carbonyl (C=O) groups excluding carboxylic acids is 2. The van der Waals surface area contributed by atoms with Gasteiger partial charge < -0.3 is 25.8 Å². The molecule has 12 heteroatoms. The zero-order chi connectivity index (χ0) is 26.7. The predicted molar refractivity (Wildman–Crippen MR) is 147 cm³/mol. The molecular formula is C24H32B2Cl2FN3O4. The van der Waals surface area contributed by atoms with Crippen LogP contribution in [0.5, 0.6) is 0 Å². The molecule has 0 aliphatic carbocycles. The van der Waals surface area contributed by atoms with E-state index < -0.39 is 35.2 Å². The number of carbonyl (C=O) groups is 2. The van der Waals surface area contributed by atoms with Crippen LogP contribution in [-0.4, -0.2) is 81.6 Å². The minimum Gasteiger partial charge on any atom is -0.463 e. The van der Waals surface area contributed by atoms with Crippen LogP contribution >= 0.6 is 23.2 Å². The van der Waals surface area contributed by atoms with E-state index in [1.807, 2.05) is 24.3 Å². The molecule has 2 unspecified atom stereocenters. The number of anilines is 1. The molecular weight excluding hydrogens is 506 g/mol. The number of amides is 1. The third-order valence-corrected chi connectivity index (χ3v) is 5.66. The second-order valence-corrected chi connectivity index (χ2v) is 9.91. The molecule has 0 radical (unpaired) electrons. The van der Waals surface area contributed by atoms with Crippen molar-refractivity contribution in [1.29, 1.82) is 0 Å². The van der Waals surface area contributed by atoms with E-state index in [9.17, 15) is 19.1 Å². The highest BCUT2D eigenvalue weighted by molar-refractivity contribution is 6.39. The Morgan fingerprint density at radius 1 is 1.03 bits per heavy atom. The van der Waals surface area contributed by atoms with E-state index >= 15 is 0 Å². The Labute approximate surface area is 223 Å². The zero-order valence-electron chi connectivity index (χ0n) is 20.6. The van der Waals surface area contributed by atoms with Crippen LogP contribution in [0.25, 0.3) is 0 Å². The summed E-state index contributed by atoms with van der Waals surface area (Å²) in [4.78, 5) is 27.6. The lowest BCUT2D eigenvalue weighted by molar-refractivity contribution is -0.150. The van der Waals surface area contributed by atoms with Gasteiger partial charge in [0.25, 0.3) is 0 Å². The van der Waals surface area contributed by atoms with Crippen LogP contribution in [0.2, 0.25) is 0 Å². The van der Waals surface area contributed by atoms with Crippen molar-refractivity contribution in [1.82, 2.24) is 5.32 Å². The van der Waals surface area contributed by atoms with E-state index in [1.54, 1.807) is 0 Å². The van der Waals surface area contributed by atoms with Crippen molar-refractivity contribution < 1.29 is 23.8 Å². The summed E-state index contributed by atoms with van der Waals surface area (Å²) in [5.74, 6) is -0.713. The van der Waals surface area contributed by atoms with Crippen LogP contribution in [0.1, 0.15) is 11.1 Å². The van der Waals surface area contributed by atoms with Crippen molar-refractivity contribution >= 4 is 56.5 Å². The molecule has 0 spiro atoms. The van der Waals surface area contributed by atoms with Gasteiger partial charge in [-0.1, -0.05) is 24.3 Å².